The van der Waals surface area contributed by atoms with Crippen molar-refractivity contribution in [2.24, 2.45) is 0 Å². The van der Waals surface area contributed by atoms with E-state index in [1.54, 1.807) is 13.1 Å². The topological polar surface area (TPSA) is 61.8 Å². The van der Waals surface area contributed by atoms with Gasteiger partial charge in [-0.05, 0) is 24.1 Å². The van der Waals surface area contributed by atoms with Crippen LogP contribution in [0.5, 0.6) is 0 Å². The lowest BCUT2D eigenvalue weighted by Gasteiger charge is -2.08. The van der Waals surface area contributed by atoms with Gasteiger partial charge in [0, 0.05) is 12.7 Å². The van der Waals surface area contributed by atoms with Gasteiger partial charge < -0.3 is 11.1 Å². The number of nitrogens with zero attached hydrogens (tertiary/aromatic N) is 1. The Bertz CT molecular complexity index is 350. The number of rotatable bonds is 2. The molecular formula is C10H13N3. The predicted molar refractivity (Wildman–Crippen MR) is 54.5 cm³/mol. The molecule has 0 radical (unpaired) electrons. The average molecular weight is 175 g/mol. The maximum absolute atomic E-state index is 8.79. The minimum Gasteiger partial charge on any atom is -0.398 e. The molecule has 0 spiro atoms. The van der Waals surface area contributed by atoms with Crippen LogP contribution in [0.2, 0.25) is 0 Å². The van der Waals surface area contributed by atoms with Gasteiger partial charge in [0.2, 0.25) is 0 Å². The van der Waals surface area contributed by atoms with Gasteiger partial charge in [-0.2, -0.15) is 5.26 Å². The Labute approximate surface area is 78.2 Å². The van der Waals surface area contributed by atoms with E-state index < -0.39 is 0 Å². The molecule has 0 saturated heterocycles. The third kappa shape index (κ3) is 1.73. The van der Waals surface area contributed by atoms with E-state index in [1.165, 1.54) is 0 Å². The molecule has 0 fully saturated rings. The first-order chi connectivity index (χ1) is 6.22. The monoisotopic (exact) mass is 175 g/mol. The van der Waals surface area contributed by atoms with Crippen molar-refractivity contribution in [3.05, 3.63) is 23.3 Å². The van der Waals surface area contributed by atoms with E-state index in [2.05, 4.69) is 11.4 Å². The summed E-state index contributed by atoms with van der Waals surface area (Å²) < 4.78 is 0. The minimum absolute atomic E-state index is 0.595. The highest BCUT2D eigenvalue weighted by Crippen LogP contribution is 2.22. The van der Waals surface area contributed by atoms with Crippen LogP contribution in [0.3, 0.4) is 0 Å². The standard InChI is InChI=1S/C10H13N3/c1-3-7-5-10(13-2)8(6-11)4-9(7)12/h4-5,13H,3,12H2,1-2H3. The van der Waals surface area contributed by atoms with Crippen LogP contribution < -0.4 is 11.1 Å². The van der Waals surface area contributed by atoms with E-state index in [4.69, 9.17) is 11.0 Å². The first-order valence-electron chi connectivity index (χ1n) is 4.23. The molecule has 68 valence electrons. The van der Waals surface area contributed by atoms with Crippen molar-refractivity contribution >= 4 is 11.4 Å². The number of anilines is 2. The Hall–Kier alpha value is -1.69. The Morgan fingerprint density at radius 1 is 1.54 bits per heavy atom. The average Bonchev–Trinajstić information content (AvgIpc) is 2.17. The molecule has 0 saturated carbocycles. The second-order valence-electron chi connectivity index (χ2n) is 2.81. The zero-order chi connectivity index (χ0) is 9.84. The van der Waals surface area contributed by atoms with Crippen molar-refractivity contribution < 1.29 is 0 Å². The van der Waals surface area contributed by atoms with Gasteiger partial charge in [0.25, 0.3) is 0 Å². The van der Waals surface area contributed by atoms with E-state index in [-0.39, 0.29) is 0 Å². The number of nitrogens with one attached hydrogen (secondary N) is 1. The van der Waals surface area contributed by atoms with E-state index >= 15 is 0 Å². The zero-order valence-electron chi connectivity index (χ0n) is 7.89. The van der Waals surface area contributed by atoms with Gasteiger partial charge in [-0.15, -0.1) is 0 Å². The highest BCUT2D eigenvalue weighted by Gasteiger charge is 2.04. The quantitative estimate of drug-likeness (QED) is 0.673. The van der Waals surface area contributed by atoms with Gasteiger partial charge in [-0.1, -0.05) is 6.92 Å². The van der Waals surface area contributed by atoms with Crippen LogP contribution in [0.15, 0.2) is 12.1 Å². The van der Waals surface area contributed by atoms with Gasteiger partial charge in [-0.25, -0.2) is 0 Å². The van der Waals surface area contributed by atoms with Crippen LogP contribution in [0.4, 0.5) is 11.4 Å². The van der Waals surface area contributed by atoms with Crippen LogP contribution in [0.25, 0.3) is 0 Å². The van der Waals surface area contributed by atoms with E-state index in [0.29, 0.717) is 11.3 Å². The molecule has 0 atom stereocenters. The molecule has 1 aromatic rings. The second kappa shape index (κ2) is 3.81. The molecule has 3 nitrogen and oxygen atoms in total. The smallest absolute Gasteiger partial charge is 0.101 e. The molecule has 0 unspecified atom stereocenters. The Balaban J connectivity index is 3.28. The first kappa shape index (κ1) is 9.40. The summed E-state index contributed by atoms with van der Waals surface area (Å²) in [6.45, 7) is 2.04. The van der Waals surface area contributed by atoms with Gasteiger partial charge in [-0.3, -0.25) is 0 Å². The van der Waals surface area contributed by atoms with Gasteiger partial charge in [0.1, 0.15) is 6.07 Å². The summed E-state index contributed by atoms with van der Waals surface area (Å²) in [4.78, 5) is 0. The summed E-state index contributed by atoms with van der Waals surface area (Å²) in [6.07, 6.45) is 0.881. The van der Waals surface area contributed by atoms with Crippen LogP contribution in [-0.4, -0.2) is 7.05 Å². The number of hydrogen-bond donors (Lipinski definition) is 2. The predicted octanol–water partition coefficient (Wildman–Crippen LogP) is 1.74. The number of hydrogen-bond acceptors (Lipinski definition) is 3. The summed E-state index contributed by atoms with van der Waals surface area (Å²) in [5, 5.41) is 11.8. The Morgan fingerprint density at radius 2 is 2.23 bits per heavy atom. The number of nitriles is 1. The van der Waals surface area contributed by atoms with Crippen molar-refractivity contribution in [2.75, 3.05) is 18.1 Å². The van der Waals surface area contributed by atoms with Crippen LogP contribution in [0, 0.1) is 11.3 Å². The molecule has 0 heterocycles. The molecule has 13 heavy (non-hydrogen) atoms. The summed E-state index contributed by atoms with van der Waals surface area (Å²) in [7, 11) is 1.80. The fourth-order valence-corrected chi connectivity index (χ4v) is 1.27. The number of aryl methyl sites for hydroxylation is 1. The first-order valence-corrected chi connectivity index (χ1v) is 4.23. The van der Waals surface area contributed by atoms with Crippen molar-refractivity contribution in [3.63, 3.8) is 0 Å². The Kier molecular flexibility index (Phi) is 2.76. The normalized spacial score (nSPS) is 9.31. The maximum Gasteiger partial charge on any atom is 0.101 e. The lowest BCUT2D eigenvalue weighted by atomic mass is 10.1. The summed E-state index contributed by atoms with van der Waals surface area (Å²) in [6, 6.07) is 5.73. The van der Waals surface area contributed by atoms with Crippen molar-refractivity contribution in [2.45, 2.75) is 13.3 Å². The minimum atomic E-state index is 0.595. The molecular weight excluding hydrogens is 162 g/mol. The zero-order valence-corrected chi connectivity index (χ0v) is 7.89. The number of benzene rings is 1. The molecule has 0 bridgehead atoms. The fraction of sp³-hybridized carbons (Fsp3) is 0.300. The SMILES string of the molecule is CCc1cc(NC)c(C#N)cc1N. The number of nitrogen functional groups attached to an aromatic ring is 1. The number of nitrogens with two attached hydrogens (primary N) is 1. The summed E-state index contributed by atoms with van der Waals surface area (Å²) >= 11 is 0. The van der Waals surface area contributed by atoms with Crippen molar-refractivity contribution in [1.82, 2.24) is 0 Å². The van der Waals surface area contributed by atoms with Crippen LogP contribution >= 0.6 is 0 Å². The molecule has 0 amide bonds. The maximum atomic E-state index is 8.79. The fourth-order valence-electron chi connectivity index (χ4n) is 1.27. The molecule has 1 aromatic carbocycles. The van der Waals surface area contributed by atoms with Crippen LogP contribution in [-0.2, 0) is 6.42 Å². The van der Waals surface area contributed by atoms with Crippen LogP contribution in [0.1, 0.15) is 18.1 Å². The molecule has 3 N–H and O–H groups in total. The molecule has 0 aliphatic rings. The largest absolute Gasteiger partial charge is 0.398 e. The molecule has 1 rings (SSSR count). The highest BCUT2D eigenvalue weighted by atomic mass is 14.8. The lowest BCUT2D eigenvalue weighted by molar-refractivity contribution is 1.14. The van der Waals surface area contributed by atoms with Crippen molar-refractivity contribution in [1.29, 1.82) is 5.26 Å². The van der Waals surface area contributed by atoms with E-state index in [1.807, 2.05) is 13.0 Å². The van der Waals surface area contributed by atoms with Gasteiger partial charge >= 0.3 is 0 Å². The molecule has 0 aliphatic heterocycles. The van der Waals surface area contributed by atoms with Gasteiger partial charge in [0.15, 0.2) is 0 Å². The Morgan fingerprint density at radius 3 is 2.69 bits per heavy atom. The summed E-state index contributed by atoms with van der Waals surface area (Å²) in [5.74, 6) is 0. The summed E-state index contributed by atoms with van der Waals surface area (Å²) in [5.41, 5.74) is 8.95. The second-order valence-corrected chi connectivity index (χ2v) is 2.81. The van der Waals surface area contributed by atoms with E-state index in [0.717, 1.165) is 17.7 Å². The third-order valence-electron chi connectivity index (χ3n) is 2.05. The molecule has 0 aliphatic carbocycles. The molecule has 3 heteroatoms. The van der Waals surface area contributed by atoms with Gasteiger partial charge in [0.05, 0.1) is 11.3 Å². The lowest BCUT2D eigenvalue weighted by Crippen LogP contribution is -1.99. The highest BCUT2D eigenvalue weighted by molar-refractivity contribution is 5.66. The third-order valence-corrected chi connectivity index (χ3v) is 2.05. The molecule has 0 aromatic heterocycles. The van der Waals surface area contributed by atoms with E-state index in [9.17, 15) is 0 Å². The van der Waals surface area contributed by atoms with Crippen molar-refractivity contribution in [3.8, 4) is 6.07 Å².